The van der Waals surface area contributed by atoms with Crippen LogP contribution in [0, 0.1) is 0 Å². The standard InChI is InChI=1S/C21H30N10O15P4S4/c1-39-15-13(33)9(43-21(15)31-7-29-11-17(23)25-5-27-19(11)31)3-41-48(36,52)45-50(38,54)46-49(37,53)44-47(35,51)40-2-8-12(32)14(34)20(42-8)30-6-28-10-16(22)24-4-26-18(10)30/h4-9,12-15,20-21,32-34H,2-3H2,1H3,(H,35,51)(H,36,52)(H,37,53)(H,38,54)(H2,22,24,26)(H2,23,25,27)/t8-,9-,12-,13-,14-,15-,20-,21-,47?,48?,49?,50?/m1/s1. The molecule has 12 atom stereocenters. The van der Waals surface area contributed by atoms with E-state index in [1.165, 1.54) is 35.2 Å². The van der Waals surface area contributed by atoms with E-state index in [-0.39, 0.29) is 34.0 Å². The molecule has 2 aliphatic rings. The molecule has 6 heterocycles. The van der Waals surface area contributed by atoms with Crippen molar-refractivity contribution in [1.82, 2.24) is 39.0 Å². The summed E-state index contributed by atoms with van der Waals surface area (Å²) in [4.78, 5) is 66.6. The summed E-state index contributed by atoms with van der Waals surface area (Å²) in [6.45, 7) is -20.1. The Morgan fingerprint density at radius 3 is 1.56 bits per heavy atom. The molecule has 11 N–H and O–H groups in total. The molecule has 2 fully saturated rings. The lowest BCUT2D eigenvalue weighted by Crippen LogP contribution is -2.35. The van der Waals surface area contributed by atoms with E-state index in [1.54, 1.807) is 0 Å². The molecule has 0 radical (unpaired) electrons. The molecule has 2 saturated heterocycles. The van der Waals surface area contributed by atoms with E-state index < -0.39 is 89.2 Å². The molecular formula is C21H30N10O15P4S4. The van der Waals surface area contributed by atoms with Crippen LogP contribution in [0.1, 0.15) is 12.5 Å². The smallest absolute Gasteiger partial charge is 0.339 e. The van der Waals surface area contributed by atoms with E-state index in [4.69, 9.17) is 94.9 Å². The van der Waals surface area contributed by atoms with Gasteiger partial charge in [0.1, 0.15) is 60.3 Å². The molecular weight excluding hydrogens is 884 g/mol. The van der Waals surface area contributed by atoms with Gasteiger partial charge >= 0.3 is 26.9 Å². The van der Waals surface area contributed by atoms with Crippen molar-refractivity contribution < 1.29 is 71.1 Å². The Morgan fingerprint density at radius 1 is 0.648 bits per heavy atom. The number of hydrogen-bond donors (Lipinski definition) is 9. The molecule has 4 unspecified atom stereocenters. The number of fused-ring (bicyclic) bond motifs is 2. The largest absolute Gasteiger partial charge is 0.387 e. The summed E-state index contributed by atoms with van der Waals surface area (Å²) in [5, 5.41) is 32.1. The van der Waals surface area contributed by atoms with Crippen molar-refractivity contribution in [2.45, 2.75) is 49.1 Å². The first-order chi connectivity index (χ1) is 25.2. The van der Waals surface area contributed by atoms with E-state index in [1.807, 2.05) is 0 Å². The Kier molecular flexibility index (Phi) is 12.7. The maximum Gasteiger partial charge on any atom is 0.339 e. The first-order valence-electron chi connectivity index (χ1n) is 14.7. The zero-order chi connectivity index (χ0) is 39.4. The number of rotatable bonds is 15. The highest BCUT2D eigenvalue weighted by molar-refractivity contribution is 8.19. The predicted octanol–water partition coefficient (Wildman–Crippen LogP) is -1.33. The van der Waals surface area contributed by atoms with Crippen LogP contribution in [0.2, 0.25) is 0 Å². The van der Waals surface area contributed by atoms with E-state index in [0.29, 0.717) is 0 Å². The summed E-state index contributed by atoms with van der Waals surface area (Å²) >= 11 is 19.4. The number of methoxy groups -OCH3 is 1. The van der Waals surface area contributed by atoms with Crippen LogP contribution in [0.3, 0.4) is 0 Å². The second-order valence-electron chi connectivity index (χ2n) is 11.2. The minimum Gasteiger partial charge on any atom is -0.387 e. The highest BCUT2D eigenvalue weighted by Crippen LogP contribution is 2.72. The lowest BCUT2D eigenvalue weighted by atomic mass is 10.1. The third kappa shape index (κ3) is 9.20. The Hall–Kier alpha value is -1.30. The molecule has 0 aliphatic carbocycles. The first kappa shape index (κ1) is 42.3. The third-order valence-corrected chi connectivity index (χ3v) is 17.8. The van der Waals surface area contributed by atoms with E-state index in [0.717, 1.165) is 6.33 Å². The van der Waals surface area contributed by atoms with Gasteiger partial charge < -0.3 is 69.6 Å². The Labute approximate surface area is 323 Å². The lowest BCUT2D eigenvalue weighted by molar-refractivity contribution is -0.0566. The van der Waals surface area contributed by atoms with Crippen molar-refractivity contribution in [3.63, 3.8) is 0 Å². The van der Waals surface area contributed by atoms with Crippen LogP contribution in [0.15, 0.2) is 25.3 Å². The first-order valence-corrected chi connectivity index (χ1v) is 25.1. The summed E-state index contributed by atoms with van der Waals surface area (Å²) in [6.07, 6.45) is -5.31. The minimum absolute atomic E-state index is 0.0639. The van der Waals surface area contributed by atoms with Crippen LogP contribution in [-0.4, -0.2) is 131 Å². The van der Waals surface area contributed by atoms with Crippen LogP contribution in [0.5, 0.6) is 0 Å². The second kappa shape index (κ2) is 16.2. The summed E-state index contributed by atoms with van der Waals surface area (Å²) in [6, 6.07) is 0. The third-order valence-electron chi connectivity index (χ3n) is 7.67. The minimum atomic E-state index is -4.84. The number of nitrogens with zero attached hydrogens (tertiary/aromatic N) is 8. The van der Waals surface area contributed by atoms with Gasteiger partial charge in [0.05, 0.1) is 25.9 Å². The van der Waals surface area contributed by atoms with Gasteiger partial charge in [-0.25, -0.2) is 42.8 Å². The number of hydrogen-bond acceptors (Lipinski definition) is 23. The van der Waals surface area contributed by atoms with Gasteiger partial charge in [-0.05, 0) is 47.2 Å². The monoisotopic (exact) mass is 914 g/mol. The van der Waals surface area contributed by atoms with E-state index in [2.05, 4.69) is 29.9 Å². The van der Waals surface area contributed by atoms with Gasteiger partial charge in [-0.1, -0.05) is 0 Å². The molecule has 2 aliphatic heterocycles. The molecule has 4 aromatic heterocycles. The SMILES string of the molecule is CO[C@@H]1[C@H](O)[C@@H](COP(O)(=S)OP(O)(=S)OP(O)(=S)OP(O)(=S)OC[C@H]2O[C@@H](n3cnc4c(N)ncnc43)[C@H](O)[C@@H]2O)O[C@H]1n1cnc2c(N)ncnc21. The Morgan fingerprint density at radius 2 is 1.07 bits per heavy atom. The summed E-state index contributed by atoms with van der Waals surface area (Å²) in [5.74, 6) is 0.169. The average Bonchev–Trinajstić information content (AvgIpc) is 3.82. The maximum atomic E-state index is 10.9. The highest BCUT2D eigenvalue weighted by atomic mass is 32.5. The molecule has 33 heteroatoms. The molecule has 0 aromatic carbocycles. The number of nitrogens with two attached hydrogens (primary N) is 2. The van der Waals surface area contributed by atoms with Gasteiger partial charge in [-0.3, -0.25) is 9.13 Å². The van der Waals surface area contributed by atoms with Gasteiger partial charge in [0.25, 0.3) is 0 Å². The second-order valence-corrected chi connectivity index (χ2v) is 22.9. The van der Waals surface area contributed by atoms with Gasteiger partial charge in [-0.15, -0.1) is 0 Å². The molecule has 25 nitrogen and oxygen atoms in total. The van der Waals surface area contributed by atoms with Crippen molar-refractivity contribution in [1.29, 1.82) is 0 Å². The lowest BCUT2D eigenvalue weighted by Gasteiger charge is -2.27. The van der Waals surface area contributed by atoms with Crippen molar-refractivity contribution in [3.05, 3.63) is 25.3 Å². The predicted molar refractivity (Wildman–Crippen MR) is 197 cm³/mol. The quantitative estimate of drug-likeness (QED) is 0.0624. The molecule has 0 amide bonds. The number of imidazole rings is 2. The number of anilines is 2. The van der Waals surface area contributed by atoms with Crippen molar-refractivity contribution in [3.8, 4) is 0 Å². The number of nitrogen functional groups attached to an aromatic ring is 2. The van der Waals surface area contributed by atoms with Gasteiger partial charge in [0.15, 0.2) is 35.4 Å². The van der Waals surface area contributed by atoms with Gasteiger partial charge in [0, 0.05) is 7.11 Å². The van der Waals surface area contributed by atoms with E-state index >= 15 is 0 Å². The molecule has 4 aromatic rings. The summed E-state index contributed by atoms with van der Waals surface area (Å²) in [5.41, 5.74) is 12.6. The van der Waals surface area contributed by atoms with Crippen LogP contribution in [0.4, 0.5) is 11.6 Å². The highest BCUT2D eigenvalue weighted by Gasteiger charge is 2.48. The fraction of sp³-hybridized carbons (Fsp3) is 0.524. The zero-order valence-corrected chi connectivity index (χ0v) is 33.7. The number of aliphatic hydroxyl groups excluding tert-OH is 3. The van der Waals surface area contributed by atoms with Gasteiger partial charge in [0.2, 0.25) is 0 Å². The fourth-order valence-electron chi connectivity index (χ4n) is 5.35. The zero-order valence-electron chi connectivity index (χ0n) is 26.9. The Bertz CT molecular complexity index is 2230. The van der Waals surface area contributed by atoms with Gasteiger partial charge in [-0.2, -0.15) is 0 Å². The van der Waals surface area contributed by atoms with Crippen molar-refractivity contribution >= 4 is 108 Å². The maximum absolute atomic E-state index is 10.9. The molecule has 298 valence electrons. The molecule has 54 heavy (non-hydrogen) atoms. The normalized spacial score (nSPS) is 30.6. The van der Waals surface area contributed by atoms with Crippen LogP contribution in [0.25, 0.3) is 22.3 Å². The van der Waals surface area contributed by atoms with Crippen molar-refractivity contribution in [2.75, 3.05) is 31.8 Å². The molecule has 0 bridgehead atoms. The van der Waals surface area contributed by atoms with Crippen molar-refractivity contribution in [2.24, 2.45) is 0 Å². The topological polar surface area (TPSA) is 355 Å². The van der Waals surface area contributed by atoms with Crippen LogP contribution in [-0.2, 0) is 83.4 Å². The summed E-state index contributed by atoms with van der Waals surface area (Å²) < 4.78 is 44.8. The molecule has 0 spiro atoms. The fourth-order valence-corrected chi connectivity index (χ4v) is 16.7. The molecule has 6 rings (SSSR count). The Balaban J connectivity index is 1.02. The van der Waals surface area contributed by atoms with Crippen LogP contribution >= 0.6 is 26.9 Å². The number of aromatic nitrogens is 8. The van der Waals surface area contributed by atoms with Crippen LogP contribution < -0.4 is 11.5 Å². The number of ether oxygens (including phenoxy) is 3. The molecule has 0 saturated carbocycles. The summed E-state index contributed by atoms with van der Waals surface area (Å²) in [7, 11) is 1.32. The average molecular weight is 915 g/mol. The van der Waals surface area contributed by atoms with E-state index in [9.17, 15) is 34.9 Å². The number of aliphatic hydroxyl groups is 3.